The van der Waals surface area contributed by atoms with Crippen molar-refractivity contribution in [3.05, 3.63) is 62.6 Å². The van der Waals surface area contributed by atoms with Gasteiger partial charge in [0.15, 0.2) is 0 Å². The van der Waals surface area contributed by atoms with Gasteiger partial charge < -0.3 is 14.8 Å². The van der Waals surface area contributed by atoms with E-state index in [1.807, 2.05) is 0 Å². The van der Waals surface area contributed by atoms with Gasteiger partial charge in [0.25, 0.3) is 17.1 Å². The van der Waals surface area contributed by atoms with Crippen molar-refractivity contribution in [2.24, 2.45) is 0 Å². The van der Waals surface area contributed by atoms with E-state index in [0.717, 1.165) is 16.7 Å². The van der Waals surface area contributed by atoms with Gasteiger partial charge in [0.05, 0.1) is 11.5 Å². The van der Waals surface area contributed by atoms with E-state index < -0.39 is 17.1 Å². The number of hydrogen-bond acceptors (Lipinski definition) is 7. The lowest BCUT2D eigenvalue weighted by Crippen LogP contribution is -2.37. The second-order valence-corrected chi connectivity index (χ2v) is 8.29. The van der Waals surface area contributed by atoms with Crippen molar-refractivity contribution in [1.29, 1.82) is 0 Å². The summed E-state index contributed by atoms with van der Waals surface area (Å²) in [4.78, 5) is 42.8. The number of benzene rings is 1. The van der Waals surface area contributed by atoms with Crippen molar-refractivity contribution in [2.45, 2.75) is 0 Å². The molecule has 3 amide bonds. The first-order chi connectivity index (χ1) is 15.4. The highest BCUT2D eigenvalue weighted by atomic mass is 35.5. The summed E-state index contributed by atoms with van der Waals surface area (Å²) in [5.74, 6) is -0.706. The minimum absolute atomic E-state index is 0.0161. The molecular formula is C21H19Cl2N3O5S. The van der Waals surface area contributed by atoms with Gasteiger partial charge in [0, 0.05) is 36.4 Å². The van der Waals surface area contributed by atoms with Crippen LogP contribution in [-0.4, -0.2) is 60.4 Å². The zero-order valence-electron chi connectivity index (χ0n) is 17.0. The highest BCUT2D eigenvalue weighted by Gasteiger charge is 2.34. The molecule has 1 saturated heterocycles. The first-order valence-electron chi connectivity index (χ1n) is 9.46. The van der Waals surface area contributed by atoms with Crippen molar-refractivity contribution in [2.75, 3.05) is 33.4 Å². The molecule has 1 aliphatic heterocycles. The van der Waals surface area contributed by atoms with Crippen LogP contribution in [0.2, 0.25) is 10.0 Å². The van der Waals surface area contributed by atoms with Crippen molar-refractivity contribution >= 4 is 58.1 Å². The number of ether oxygens (including phenoxy) is 2. The van der Waals surface area contributed by atoms with E-state index in [1.54, 1.807) is 43.5 Å². The Morgan fingerprint density at radius 1 is 1.25 bits per heavy atom. The fraction of sp³-hybridized carbons (Fsp3) is 0.238. The van der Waals surface area contributed by atoms with Crippen LogP contribution in [0.3, 0.4) is 0 Å². The Morgan fingerprint density at radius 3 is 2.81 bits per heavy atom. The van der Waals surface area contributed by atoms with Crippen molar-refractivity contribution in [1.82, 2.24) is 15.2 Å². The maximum atomic E-state index is 12.6. The zero-order valence-corrected chi connectivity index (χ0v) is 19.3. The summed E-state index contributed by atoms with van der Waals surface area (Å²) in [6.45, 7) is 0.681. The van der Waals surface area contributed by atoms with Crippen LogP contribution < -0.4 is 10.1 Å². The SMILES string of the molecule is COCCOc1ncccc1C(=O)NCCN1C(=O)SC(=Cc2ccc(Cl)cc2Cl)C1=O. The molecule has 2 heterocycles. The summed E-state index contributed by atoms with van der Waals surface area (Å²) in [6, 6.07) is 8.05. The molecule has 0 atom stereocenters. The lowest BCUT2D eigenvalue weighted by molar-refractivity contribution is -0.122. The first-order valence-corrected chi connectivity index (χ1v) is 11.0. The number of carbonyl (C=O) groups excluding carboxylic acids is 3. The summed E-state index contributed by atoms with van der Waals surface area (Å²) in [5, 5.41) is 3.09. The molecule has 3 rings (SSSR count). The van der Waals surface area contributed by atoms with Gasteiger partial charge in [-0.15, -0.1) is 0 Å². The van der Waals surface area contributed by atoms with Gasteiger partial charge in [0.1, 0.15) is 12.2 Å². The number of hydrogen-bond donors (Lipinski definition) is 1. The Morgan fingerprint density at radius 2 is 2.06 bits per heavy atom. The summed E-state index contributed by atoms with van der Waals surface area (Å²) < 4.78 is 10.4. The number of halogens is 2. The molecule has 0 unspecified atom stereocenters. The largest absolute Gasteiger partial charge is 0.475 e. The zero-order chi connectivity index (χ0) is 23.1. The molecular weight excluding hydrogens is 477 g/mol. The average Bonchev–Trinajstić information content (AvgIpc) is 3.03. The van der Waals surface area contributed by atoms with Crippen LogP contribution in [0.15, 0.2) is 41.4 Å². The van der Waals surface area contributed by atoms with E-state index in [0.29, 0.717) is 22.2 Å². The van der Waals surface area contributed by atoms with Gasteiger partial charge in [-0.3, -0.25) is 19.3 Å². The van der Waals surface area contributed by atoms with Gasteiger partial charge in [-0.1, -0.05) is 29.3 Å². The molecule has 1 aromatic heterocycles. The van der Waals surface area contributed by atoms with E-state index in [9.17, 15) is 14.4 Å². The molecule has 1 aliphatic rings. The standard InChI is InChI=1S/C21H19Cl2N3O5S/c1-30-9-10-31-19-15(3-2-6-25-19)18(27)24-7-8-26-20(28)17(32-21(26)29)11-13-4-5-14(22)12-16(13)23/h2-6,11-12H,7-10H2,1H3,(H,24,27). The van der Waals surface area contributed by atoms with E-state index in [-0.39, 0.29) is 36.0 Å². The Kier molecular flexibility index (Phi) is 8.52. The first kappa shape index (κ1) is 24.1. The number of aromatic nitrogens is 1. The van der Waals surface area contributed by atoms with E-state index in [4.69, 9.17) is 32.7 Å². The summed E-state index contributed by atoms with van der Waals surface area (Å²) in [7, 11) is 1.54. The maximum Gasteiger partial charge on any atom is 0.293 e. The van der Waals surface area contributed by atoms with Crippen molar-refractivity contribution < 1.29 is 23.9 Å². The van der Waals surface area contributed by atoms with Gasteiger partial charge in [-0.25, -0.2) is 4.98 Å². The minimum Gasteiger partial charge on any atom is -0.475 e. The third kappa shape index (κ3) is 6.01. The van der Waals surface area contributed by atoms with Gasteiger partial charge in [-0.2, -0.15) is 0 Å². The quantitative estimate of drug-likeness (QED) is 0.416. The van der Waals surface area contributed by atoms with Crippen LogP contribution in [0.25, 0.3) is 6.08 Å². The number of imide groups is 1. The van der Waals surface area contributed by atoms with E-state index in [2.05, 4.69) is 10.3 Å². The van der Waals surface area contributed by atoms with Crippen molar-refractivity contribution in [3.8, 4) is 5.88 Å². The molecule has 8 nitrogen and oxygen atoms in total. The number of nitrogens with one attached hydrogen (secondary N) is 1. The third-order valence-electron chi connectivity index (χ3n) is 4.29. The summed E-state index contributed by atoms with van der Waals surface area (Å²) >= 11 is 12.8. The fourth-order valence-corrected chi connectivity index (χ4v) is 4.05. The number of rotatable bonds is 9. The van der Waals surface area contributed by atoms with Crippen LogP contribution in [0, 0.1) is 0 Å². The molecule has 32 heavy (non-hydrogen) atoms. The monoisotopic (exact) mass is 495 g/mol. The number of thioether (sulfide) groups is 1. The smallest absolute Gasteiger partial charge is 0.293 e. The molecule has 0 aliphatic carbocycles. The number of nitrogens with zero attached hydrogens (tertiary/aromatic N) is 2. The van der Waals surface area contributed by atoms with Gasteiger partial charge in [0.2, 0.25) is 5.88 Å². The lowest BCUT2D eigenvalue weighted by atomic mass is 10.2. The van der Waals surface area contributed by atoms with E-state index >= 15 is 0 Å². The predicted molar refractivity (Wildman–Crippen MR) is 123 cm³/mol. The van der Waals surface area contributed by atoms with Crippen LogP contribution in [0.4, 0.5) is 4.79 Å². The second-order valence-electron chi connectivity index (χ2n) is 6.45. The van der Waals surface area contributed by atoms with Crippen molar-refractivity contribution in [3.63, 3.8) is 0 Å². The molecule has 0 radical (unpaired) electrons. The Hall–Kier alpha value is -2.59. The lowest BCUT2D eigenvalue weighted by Gasteiger charge is -2.14. The van der Waals surface area contributed by atoms with Crippen LogP contribution in [-0.2, 0) is 9.53 Å². The fourth-order valence-electron chi connectivity index (χ4n) is 2.73. The van der Waals surface area contributed by atoms with Gasteiger partial charge >= 0.3 is 0 Å². The van der Waals surface area contributed by atoms with Gasteiger partial charge in [-0.05, 0) is 47.7 Å². The minimum atomic E-state index is -0.453. The molecule has 168 valence electrons. The normalized spacial score (nSPS) is 14.8. The molecule has 1 fully saturated rings. The highest BCUT2D eigenvalue weighted by molar-refractivity contribution is 8.18. The Balaban J connectivity index is 1.59. The molecule has 0 spiro atoms. The predicted octanol–water partition coefficient (Wildman–Crippen LogP) is 3.88. The Bertz CT molecular complexity index is 1060. The molecule has 1 N–H and O–H groups in total. The molecule has 0 saturated carbocycles. The van der Waals surface area contributed by atoms with Crippen LogP contribution >= 0.6 is 35.0 Å². The molecule has 0 bridgehead atoms. The highest BCUT2D eigenvalue weighted by Crippen LogP contribution is 2.33. The third-order valence-corrected chi connectivity index (χ3v) is 5.76. The topological polar surface area (TPSA) is 97.8 Å². The average molecular weight is 496 g/mol. The molecule has 2 aromatic rings. The van der Waals surface area contributed by atoms with Crippen LogP contribution in [0.5, 0.6) is 5.88 Å². The summed E-state index contributed by atoms with van der Waals surface area (Å²) in [5.41, 5.74) is 0.822. The second kappa shape index (κ2) is 11.3. The van der Waals surface area contributed by atoms with E-state index in [1.165, 1.54) is 6.20 Å². The number of pyridine rings is 1. The maximum absolute atomic E-state index is 12.6. The Labute approximate surface area is 198 Å². The molecule has 11 heteroatoms. The molecule has 1 aromatic carbocycles. The van der Waals surface area contributed by atoms with Crippen LogP contribution in [0.1, 0.15) is 15.9 Å². The number of amides is 3. The summed E-state index contributed by atoms with van der Waals surface area (Å²) in [6.07, 6.45) is 3.06. The number of methoxy groups -OCH3 is 1. The number of carbonyl (C=O) groups is 3.